The van der Waals surface area contributed by atoms with E-state index in [1.165, 1.54) is 12.1 Å². The molecule has 0 unspecified atom stereocenters. The van der Waals surface area contributed by atoms with Gasteiger partial charge >= 0.3 is 18.1 Å². The van der Waals surface area contributed by atoms with Gasteiger partial charge in [0.05, 0.1) is 12.5 Å². The fraction of sp³-hybridized carbons (Fsp3) is 0.629. The summed E-state index contributed by atoms with van der Waals surface area (Å²) in [5.41, 5.74) is 1.69. The second-order valence-electron chi connectivity index (χ2n) is 13.1. The standard InChI is InChI=1S/C35H51FN4O6/c1-6-7-12-38-17-18-40(34(38)43)29-21-27(20-28(36)22-29)19-26(4)33-25(3)9-11-31(24(2)8-10-30(41)23-32(42)46-33)45-35(44)39-15-13-37(5)14-16-39/h9,11,19-22,24-25,30-31,33,41H,6-8,10,12-18,23H2,1-5H3/b11-9+,26-19+/t24-,25-,30+,31-,33-/m0/s1. The maximum atomic E-state index is 14.9. The number of piperazine rings is 1. The Kier molecular flexibility index (Phi) is 12.6. The van der Waals surface area contributed by atoms with Gasteiger partial charge in [0, 0.05) is 57.4 Å². The predicted octanol–water partition coefficient (Wildman–Crippen LogP) is 5.31. The molecule has 0 aliphatic carbocycles. The van der Waals surface area contributed by atoms with Gasteiger partial charge in [0.2, 0.25) is 0 Å². The number of hydrogen-bond donors (Lipinski definition) is 1. The SMILES string of the molecule is CCCCN1CCN(c2cc(F)cc(/C=C(\C)[C@H]3OC(=O)C[C@H](O)CC[C@H](C)[C@@H](OC(=O)N4CCN(C)CC4)/C=C/[C@@H]3C)c2)C1=O. The first-order valence-electron chi connectivity index (χ1n) is 16.7. The van der Waals surface area contributed by atoms with Crippen molar-refractivity contribution in [1.82, 2.24) is 14.7 Å². The van der Waals surface area contributed by atoms with Crippen LogP contribution < -0.4 is 4.90 Å². The second-order valence-corrected chi connectivity index (χ2v) is 13.1. The Morgan fingerprint density at radius 1 is 1.07 bits per heavy atom. The van der Waals surface area contributed by atoms with Gasteiger partial charge in [-0.1, -0.05) is 39.3 Å². The van der Waals surface area contributed by atoms with E-state index in [0.717, 1.165) is 25.9 Å². The number of amides is 3. The minimum atomic E-state index is -0.895. The molecule has 0 spiro atoms. The lowest BCUT2D eigenvalue weighted by Gasteiger charge is -2.33. The van der Waals surface area contributed by atoms with Crippen LogP contribution in [0, 0.1) is 17.7 Å². The molecular formula is C35H51FN4O6. The molecule has 46 heavy (non-hydrogen) atoms. The van der Waals surface area contributed by atoms with Crippen LogP contribution in [-0.4, -0.2) is 109 Å². The summed E-state index contributed by atoms with van der Waals surface area (Å²) in [5, 5.41) is 10.6. The first-order valence-corrected chi connectivity index (χ1v) is 16.7. The first kappa shape index (κ1) is 35.4. The number of aliphatic hydroxyl groups excluding tert-OH is 1. The molecule has 0 bridgehead atoms. The fourth-order valence-corrected chi connectivity index (χ4v) is 6.19. The summed E-state index contributed by atoms with van der Waals surface area (Å²) in [7, 11) is 2.02. The van der Waals surface area contributed by atoms with Gasteiger partial charge in [-0.25, -0.2) is 14.0 Å². The monoisotopic (exact) mass is 642 g/mol. The van der Waals surface area contributed by atoms with Gasteiger partial charge in [-0.2, -0.15) is 0 Å². The molecule has 0 saturated carbocycles. The van der Waals surface area contributed by atoms with Crippen molar-refractivity contribution >= 4 is 29.9 Å². The van der Waals surface area contributed by atoms with Crippen molar-refractivity contribution in [3.05, 3.63) is 47.3 Å². The summed E-state index contributed by atoms with van der Waals surface area (Å²) in [6, 6.07) is 4.39. The number of cyclic esters (lactones) is 1. The minimum absolute atomic E-state index is 0.0861. The number of unbranched alkanes of at least 4 members (excludes halogenated alkanes) is 1. The van der Waals surface area contributed by atoms with E-state index in [2.05, 4.69) is 11.8 Å². The van der Waals surface area contributed by atoms with Crippen LogP contribution in [0.1, 0.15) is 65.4 Å². The number of nitrogens with zero attached hydrogens (tertiary/aromatic N) is 4. The highest BCUT2D eigenvalue weighted by Gasteiger charge is 2.31. The van der Waals surface area contributed by atoms with Crippen LogP contribution in [0.4, 0.5) is 19.7 Å². The third-order valence-electron chi connectivity index (χ3n) is 9.19. The molecule has 0 radical (unpaired) electrons. The van der Waals surface area contributed by atoms with E-state index in [1.54, 1.807) is 26.8 Å². The number of rotatable bonds is 7. The zero-order valence-corrected chi connectivity index (χ0v) is 28.0. The quantitative estimate of drug-likeness (QED) is 0.318. The lowest BCUT2D eigenvalue weighted by Crippen LogP contribution is -2.48. The van der Waals surface area contributed by atoms with Crippen LogP contribution in [-0.2, 0) is 14.3 Å². The summed E-state index contributed by atoms with van der Waals surface area (Å²) >= 11 is 0. The maximum Gasteiger partial charge on any atom is 0.410 e. The molecular weight excluding hydrogens is 591 g/mol. The highest BCUT2D eigenvalue weighted by molar-refractivity contribution is 5.94. The lowest BCUT2D eigenvalue weighted by atomic mass is 9.91. The number of carbonyl (C=O) groups is 3. The number of hydrogen-bond acceptors (Lipinski definition) is 7. The zero-order valence-electron chi connectivity index (χ0n) is 28.0. The molecule has 11 heteroatoms. The molecule has 1 N–H and O–H groups in total. The van der Waals surface area contributed by atoms with E-state index in [9.17, 15) is 23.9 Å². The van der Waals surface area contributed by atoms with Gasteiger partial charge in [0.1, 0.15) is 18.0 Å². The number of ether oxygens (including phenoxy) is 2. The molecule has 1 aromatic carbocycles. The molecule has 3 aliphatic heterocycles. The number of halogens is 1. The van der Waals surface area contributed by atoms with Crippen molar-refractivity contribution in [1.29, 1.82) is 0 Å². The first-order chi connectivity index (χ1) is 21.9. The van der Waals surface area contributed by atoms with Gasteiger partial charge < -0.3 is 29.3 Å². The molecule has 10 nitrogen and oxygen atoms in total. The van der Waals surface area contributed by atoms with Crippen molar-refractivity contribution in [2.24, 2.45) is 11.8 Å². The smallest absolute Gasteiger partial charge is 0.410 e. The Balaban J connectivity index is 1.56. The van der Waals surface area contributed by atoms with Crippen molar-refractivity contribution in [3.8, 4) is 0 Å². The fourth-order valence-electron chi connectivity index (χ4n) is 6.19. The Morgan fingerprint density at radius 3 is 2.52 bits per heavy atom. The summed E-state index contributed by atoms with van der Waals surface area (Å²) in [6.45, 7) is 12.3. The Hall–Kier alpha value is -3.44. The van der Waals surface area contributed by atoms with Gasteiger partial charge in [-0.15, -0.1) is 0 Å². The maximum absolute atomic E-state index is 14.9. The van der Waals surface area contributed by atoms with Crippen molar-refractivity contribution in [3.63, 3.8) is 0 Å². The second kappa shape index (κ2) is 16.4. The topological polar surface area (TPSA) is 103 Å². The summed E-state index contributed by atoms with van der Waals surface area (Å²) in [6.07, 6.45) is 5.68. The molecule has 3 aliphatic rings. The number of aliphatic hydroxyl groups is 1. The Labute approximate surface area is 272 Å². The third-order valence-corrected chi connectivity index (χ3v) is 9.19. The number of likely N-dealkylation sites (N-methyl/N-ethyl adjacent to an activating group) is 1. The van der Waals surface area contributed by atoms with Crippen molar-refractivity contribution in [2.75, 3.05) is 57.8 Å². The molecule has 3 amide bonds. The van der Waals surface area contributed by atoms with Crippen LogP contribution in [0.15, 0.2) is 35.9 Å². The summed E-state index contributed by atoms with van der Waals surface area (Å²) in [4.78, 5) is 46.3. The van der Waals surface area contributed by atoms with Gasteiger partial charge in [-0.05, 0) is 74.6 Å². The van der Waals surface area contributed by atoms with Gasteiger partial charge in [-0.3, -0.25) is 9.69 Å². The Bertz CT molecular complexity index is 1280. The van der Waals surface area contributed by atoms with Gasteiger partial charge in [0.25, 0.3) is 0 Å². The number of esters is 1. The average molecular weight is 643 g/mol. The largest absolute Gasteiger partial charge is 0.457 e. The highest BCUT2D eigenvalue weighted by atomic mass is 19.1. The molecule has 2 saturated heterocycles. The predicted molar refractivity (Wildman–Crippen MR) is 176 cm³/mol. The normalized spacial score (nSPS) is 28.0. The van der Waals surface area contributed by atoms with Crippen LogP contribution in [0.5, 0.6) is 0 Å². The molecule has 4 rings (SSSR count). The van der Waals surface area contributed by atoms with Crippen molar-refractivity contribution in [2.45, 2.75) is 78.1 Å². The van der Waals surface area contributed by atoms with Crippen LogP contribution >= 0.6 is 0 Å². The summed E-state index contributed by atoms with van der Waals surface area (Å²) in [5.74, 6) is -1.40. The molecule has 2 fully saturated rings. The van der Waals surface area contributed by atoms with E-state index in [0.29, 0.717) is 62.4 Å². The highest BCUT2D eigenvalue weighted by Crippen LogP contribution is 2.28. The number of anilines is 1. The molecule has 254 valence electrons. The van der Waals surface area contributed by atoms with E-state index < -0.39 is 30.1 Å². The molecule has 0 aromatic heterocycles. The van der Waals surface area contributed by atoms with Crippen LogP contribution in [0.3, 0.4) is 0 Å². The number of urea groups is 1. The lowest BCUT2D eigenvalue weighted by molar-refractivity contribution is -0.151. The van der Waals surface area contributed by atoms with Crippen molar-refractivity contribution < 1.29 is 33.4 Å². The summed E-state index contributed by atoms with van der Waals surface area (Å²) < 4.78 is 26.8. The van der Waals surface area contributed by atoms with E-state index in [-0.39, 0.29) is 30.4 Å². The van der Waals surface area contributed by atoms with Crippen LogP contribution in [0.2, 0.25) is 0 Å². The van der Waals surface area contributed by atoms with Crippen LogP contribution in [0.25, 0.3) is 6.08 Å². The van der Waals surface area contributed by atoms with E-state index in [4.69, 9.17) is 9.47 Å². The number of carbonyl (C=O) groups excluding carboxylic acids is 3. The van der Waals surface area contributed by atoms with E-state index >= 15 is 0 Å². The Morgan fingerprint density at radius 2 is 1.80 bits per heavy atom. The molecule has 5 atom stereocenters. The number of benzene rings is 1. The third kappa shape index (κ3) is 9.54. The zero-order chi connectivity index (χ0) is 33.4. The minimum Gasteiger partial charge on any atom is -0.457 e. The molecule has 3 heterocycles. The van der Waals surface area contributed by atoms with E-state index in [1.807, 2.05) is 40.0 Å². The average Bonchev–Trinajstić information content (AvgIpc) is 3.38. The molecule has 1 aromatic rings. The van der Waals surface area contributed by atoms with Gasteiger partial charge in [0.15, 0.2) is 0 Å².